The number of benzene rings is 2. The van der Waals surface area contributed by atoms with Crippen molar-refractivity contribution in [2.24, 2.45) is 5.92 Å². The van der Waals surface area contributed by atoms with Crippen molar-refractivity contribution in [3.63, 3.8) is 0 Å². The molecule has 1 aliphatic heterocycles. The van der Waals surface area contributed by atoms with Crippen LogP contribution >= 0.6 is 11.6 Å². The van der Waals surface area contributed by atoms with Crippen molar-refractivity contribution < 1.29 is 4.79 Å². The molecular formula is C27H26ClN5O2. The summed E-state index contributed by atoms with van der Waals surface area (Å²) in [5.41, 5.74) is 3.67. The maximum absolute atomic E-state index is 13.6. The highest BCUT2D eigenvalue weighted by molar-refractivity contribution is 6.30. The third kappa shape index (κ3) is 4.91. The summed E-state index contributed by atoms with van der Waals surface area (Å²) >= 11 is 6.05. The summed E-state index contributed by atoms with van der Waals surface area (Å²) in [5.74, 6) is 0.0426. The van der Waals surface area contributed by atoms with E-state index in [2.05, 4.69) is 15.3 Å². The molecule has 0 radical (unpaired) electrons. The number of anilines is 2. The van der Waals surface area contributed by atoms with Crippen molar-refractivity contribution in [3.8, 4) is 0 Å². The van der Waals surface area contributed by atoms with Crippen LogP contribution in [0.5, 0.6) is 0 Å². The van der Waals surface area contributed by atoms with Gasteiger partial charge in [-0.25, -0.2) is 9.97 Å². The van der Waals surface area contributed by atoms with Crippen LogP contribution in [0.3, 0.4) is 0 Å². The minimum absolute atomic E-state index is 0.0628. The largest absolute Gasteiger partial charge is 0.351 e. The second kappa shape index (κ2) is 9.88. The third-order valence-electron chi connectivity index (χ3n) is 6.41. The Morgan fingerprint density at radius 2 is 1.97 bits per heavy atom. The SMILES string of the molecule is Cc1cc(Cl)ccc1NC(=O)C1CCCN(c2nc3cccnc3n(Cc3ccccc3)c2=O)C1. The first-order valence-electron chi connectivity index (χ1n) is 11.7. The number of nitrogens with one attached hydrogen (secondary N) is 1. The van der Waals surface area contributed by atoms with Gasteiger partial charge in [0.1, 0.15) is 5.52 Å². The van der Waals surface area contributed by atoms with Gasteiger partial charge in [0.25, 0.3) is 5.56 Å². The Bertz CT molecular complexity index is 1440. The molecule has 35 heavy (non-hydrogen) atoms. The monoisotopic (exact) mass is 487 g/mol. The first-order valence-corrected chi connectivity index (χ1v) is 12.1. The van der Waals surface area contributed by atoms with E-state index >= 15 is 0 Å². The number of piperidine rings is 1. The zero-order valence-electron chi connectivity index (χ0n) is 19.4. The summed E-state index contributed by atoms with van der Waals surface area (Å²) in [6.45, 7) is 3.41. The lowest BCUT2D eigenvalue weighted by atomic mass is 9.97. The van der Waals surface area contributed by atoms with E-state index in [1.807, 2.05) is 66.4 Å². The van der Waals surface area contributed by atoms with Crippen molar-refractivity contribution in [2.75, 3.05) is 23.3 Å². The van der Waals surface area contributed by atoms with Crippen LogP contribution in [0.1, 0.15) is 24.0 Å². The number of carbonyl (C=O) groups is 1. The number of pyridine rings is 1. The Morgan fingerprint density at radius 3 is 2.77 bits per heavy atom. The molecule has 1 amide bonds. The molecule has 8 heteroatoms. The van der Waals surface area contributed by atoms with Crippen LogP contribution in [-0.2, 0) is 11.3 Å². The summed E-state index contributed by atoms with van der Waals surface area (Å²) in [5, 5.41) is 3.66. The summed E-state index contributed by atoms with van der Waals surface area (Å²) < 4.78 is 1.67. The number of rotatable bonds is 5. The average molecular weight is 488 g/mol. The van der Waals surface area contributed by atoms with Crippen molar-refractivity contribution in [2.45, 2.75) is 26.3 Å². The van der Waals surface area contributed by atoms with Gasteiger partial charge in [-0.15, -0.1) is 0 Å². The van der Waals surface area contributed by atoms with Gasteiger partial charge in [0, 0.05) is 30.0 Å². The quantitative estimate of drug-likeness (QED) is 0.443. The zero-order valence-corrected chi connectivity index (χ0v) is 20.2. The molecule has 1 N–H and O–H groups in total. The van der Waals surface area contributed by atoms with E-state index in [9.17, 15) is 9.59 Å². The molecular weight excluding hydrogens is 462 g/mol. The van der Waals surface area contributed by atoms with Crippen molar-refractivity contribution in [1.29, 1.82) is 0 Å². The fraction of sp³-hybridized carbons (Fsp3) is 0.259. The fourth-order valence-corrected chi connectivity index (χ4v) is 4.79. The first kappa shape index (κ1) is 23.1. The summed E-state index contributed by atoms with van der Waals surface area (Å²) in [6.07, 6.45) is 3.22. The molecule has 1 unspecified atom stereocenters. The second-order valence-electron chi connectivity index (χ2n) is 8.89. The topological polar surface area (TPSA) is 80.1 Å². The van der Waals surface area contributed by atoms with E-state index in [0.29, 0.717) is 41.6 Å². The maximum atomic E-state index is 13.6. The van der Waals surface area contributed by atoms with E-state index < -0.39 is 0 Å². The molecule has 0 bridgehead atoms. The molecule has 4 aromatic rings. The summed E-state index contributed by atoms with van der Waals surface area (Å²) in [6, 6.07) is 18.9. The molecule has 5 rings (SSSR count). The molecule has 1 aliphatic rings. The van der Waals surface area contributed by atoms with Gasteiger partial charge in [0.15, 0.2) is 11.5 Å². The highest BCUT2D eigenvalue weighted by Gasteiger charge is 2.29. The number of carbonyl (C=O) groups excluding carboxylic acids is 1. The van der Waals surface area contributed by atoms with E-state index in [4.69, 9.17) is 11.6 Å². The number of amides is 1. The Labute approximate surface area is 208 Å². The van der Waals surface area contributed by atoms with Gasteiger partial charge in [-0.1, -0.05) is 41.9 Å². The lowest BCUT2D eigenvalue weighted by Gasteiger charge is -2.32. The lowest BCUT2D eigenvalue weighted by Crippen LogP contribution is -2.44. The summed E-state index contributed by atoms with van der Waals surface area (Å²) in [4.78, 5) is 37.8. The van der Waals surface area contributed by atoms with E-state index in [1.54, 1.807) is 16.8 Å². The van der Waals surface area contributed by atoms with Crippen LogP contribution in [0.15, 0.2) is 71.7 Å². The summed E-state index contributed by atoms with van der Waals surface area (Å²) in [7, 11) is 0. The third-order valence-corrected chi connectivity index (χ3v) is 6.64. The predicted molar refractivity (Wildman–Crippen MR) is 139 cm³/mol. The van der Waals surface area contributed by atoms with Crippen molar-refractivity contribution >= 4 is 40.2 Å². The lowest BCUT2D eigenvalue weighted by molar-refractivity contribution is -0.120. The van der Waals surface area contributed by atoms with E-state index in [1.165, 1.54) is 0 Å². The molecule has 3 heterocycles. The molecule has 1 fully saturated rings. The number of nitrogens with zero attached hydrogens (tertiary/aromatic N) is 4. The van der Waals surface area contributed by atoms with Crippen LogP contribution < -0.4 is 15.8 Å². The van der Waals surface area contributed by atoms with Crippen LogP contribution in [0.4, 0.5) is 11.5 Å². The maximum Gasteiger partial charge on any atom is 0.295 e. The molecule has 7 nitrogen and oxygen atoms in total. The van der Waals surface area contributed by atoms with E-state index in [-0.39, 0.29) is 17.4 Å². The van der Waals surface area contributed by atoms with Crippen molar-refractivity contribution in [3.05, 3.63) is 93.4 Å². The standard InChI is InChI=1S/C27H26ClN5O2/c1-18-15-21(28)11-12-22(18)31-26(34)20-9-6-14-32(17-20)25-27(35)33(16-19-7-3-2-4-8-19)24-23(30-25)10-5-13-29-24/h2-5,7-8,10-13,15,20H,6,9,14,16-17H2,1H3,(H,31,34). The van der Waals surface area contributed by atoms with Gasteiger partial charge in [0.05, 0.1) is 12.5 Å². The fourth-order valence-electron chi connectivity index (χ4n) is 4.57. The number of fused-ring (bicyclic) bond motifs is 1. The number of halogens is 1. The molecule has 2 aromatic carbocycles. The molecule has 1 saturated heterocycles. The molecule has 2 aromatic heterocycles. The Hall–Kier alpha value is -3.71. The molecule has 1 atom stereocenters. The molecule has 0 aliphatic carbocycles. The van der Waals surface area contributed by atoms with Crippen LogP contribution in [0.25, 0.3) is 11.2 Å². The minimum Gasteiger partial charge on any atom is -0.351 e. The predicted octanol–water partition coefficient (Wildman–Crippen LogP) is 4.66. The minimum atomic E-state index is -0.257. The van der Waals surface area contributed by atoms with Gasteiger partial charge in [0.2, 0.25) is 5.91 Å². The number of hydrogen-bond donors (Lipinski definition) is 1. The van der Waals surface area contributed by atoms with Gasteiger partial charge in [-0.2, -0.15) is 0 Å². The van der Waals surface area contributed by atoms with Crippen molar-refractivity contribution in [1.82, 2.24) is 14.5 Å². The number of hydrogen-bond acceptors (Lipinski definition) is 5. The number of aryl methyl sites for hydroxylation is 1. The Kier molecular flexibility index (Phi) is 6.51. The smallest absolute Gasteiger partial charge is 0.295 e. The highest BCUT2D eigenvalue weighted by atomic mass is 35.5. The van der Waals surface area contributed by atoms with Gasteiger partial charge in [-0.05, 0) is 61.2 Å². The first-order chi connectivity index (χ1) is 17.0. The Morgan fingerprint density at radius 1 is 1.14 bits per heavy atom. The van der Waals surface area contributed by atoms with Gasteiger partial charge < -0.3 is 10.2 Å². The normalized spacial score (nSPS) is 15.8. The van der Waals surface area contributed by atoms with E-state index in [0.717, 1.165) is 29.7 Å². The van der Waals surface area contributed by atoms with Gasteiger partial charge >= 0.3 is 0 Å². The Balaban J connectivity index is 1.44. The molecule has 0 spiro atoms. The highest BCUT2D eigenvalue weighted by Crippen LogP contribution is 2.25. The molecule has 178 valence electrons. The second-order valence-corrected chi connectivity index (χ2v) is 9.33. The van der Waals surface area contributed by atoms with Crippen LogP contribution in [0, 0.1) is 12.8 Å². The average Bonchev–Trinajstić information content (AvgIpc) is 2.88. The van der Waals surface area contributed by atoms with Crippen LogP contribution in [0.2, 0.25) is 5.02 Å². The molecule has 0 saturated carbocycles. The van der Waals surface area contributed by atoms with Crippen LogP contribution in [-0.4, -0.2) is 33.5 Å². The number of aromatic nitrogens is 3. The zero-order chi connectivity index (χ0) is 24.4. The van der Waals surface area contributed by atoms with Gasteiger partial charge in [-0.3, -0.25) is 14.2 Å².